The van der Waals surface area contributed by atoms with Crippen LogP contribution in [-0.2, 0) is 4.74 Å². The number of nitrogens with one attached hydrogen (secondary N) is 1. The van der Waals surface area contributed by atoms with Crippen molar-refractivity contribution < 1.29 is 19.4 Å². The zero-order valence-electron chi connectivity index (χ0n) is 18.2. The van der Waals surface area contributed by atoms with Crippen molar-refractivity contribution >= 4 is 12.2 Å². The van der Waals surface area contributed by atoms with Crippen LogP contribution in [0.2, 0.25) is 0 Å². The van der Waals surface area contributed by atoms with Crippen LogP contribution in [0.4, 0.5) is 4.79 Å². The van der Waals surface area contributed by atoms with Crippen molar-refractivity contribution in [3.05, 3.63) is 89.0 Å². The van der Waals surface area contributed by atoms with Crippen LogP contribution >= 0.6 is 0 Å². The number of carbonyl (C=O) groups excluding carboxylic acids is 1. The average Bonchev–Trinajstić information content (AvgIpc) is 3.17. The molecule has 0 atom stereocenters. The summed E-state index contributed by atoms with van der Waals surface area (Å²) in [5.41, 5.74) is 5.59. The van der Waals surface area contributed by atoms with Gasteiger partial charge in [0.25, 0.3) is 0 Å². The predicted octanol–water partition coefficient (Wildman–Crippen LogP) is 5.21. The highest BCUT2D eigenvalue weighted by molar-refractivity contribution is 5.79. The number of methoxy groups -OCH3 is 1. The van der Waals surface area contributed by atoms with Gasteiger partial charge in [0.1, 0.15) is 6.61 Å². The number of aromatic hydroxyl groups is 1. The van der Waals surface area contributed by atoms with Gasteiger partial charge in [-0.3, -0.25) is 0 Å². The number of phenolic OH excluding ortho intramolecular Hbond substituents is 1. The van der Waals surface area contributed by atoms with E-state index in [1.54, 1.807) is 18.2 Å². The van der Waals surface area contributed by atoms with Gasteiger partial charge in [-0.05, 0) is 34.7 Å². The molecule has 0 aromatic heterocycles. The molecule has 0 heterocycles. The number of carbonyl (C=O) groups is 1. The molecule has 6 nitrogen and oxygen atoms in total. The number of fused-ring (bicyclic) bond motifs is 3. The second kappa shape index (κ2) is 9.92. The van der Waals surface area contributed by atoms with Crippen LogP contribution < -0.4 is 10.1 Å². The molecule has 2 N–H and O–H groups in total. The van der Waals surface area contributed by atoms with E-state index < -0.39 is 6.09 Å². The van der Waals surface area contributed by atoms with Gasteiger partial charge in [0.05, 0.1) is 18.7 Å². The summed E-state index contributed by atoms with van der Waals surface area (Å²) in [7, 11) is 1.43. The van der Waals surface area contributed by atoms with Gasteiger partial charge in [0.15, 0.2) is 11.5 Å². The van der Waals surface area contributed by atoms with Gasteiger partial charge in [-0.25, -0.2) is 4.79 Å². The van der Waals surface area contributed by atoms with Crippen molar-refractivity contribution in [3.8, 4) is 28.7 Å². The summed E-state index contributed by atoms with van der Waals surface area (Å²) in [6.45, 7) is 0.646. The number of ether oxygens (including phenoxy) is 2. The summed E-state index contributed by atoms with van der Waals surface area (Å²) in [5.74, 6) is 0.233. The fourth-order valence-electron chi connectivity index (χ4n) is 4.09. The molecule has 3 aromatic rings. The Morgan fingerprint density at radius 3 is 2.42 bits per heavy atom. The summed E-state index contributed by atoms with van der Waals surface area (Å²) in [6, 6.07) is 21.5. The third-order valence-corrected chi connectivity index (χ3v) is 5.67. The quantitative estimate of drug-likeness (QED) is 0.492. The van der Waals surface area contributed by atoms with Crippen molar-refractivity contribution in [1.29, 1.82) is 5.26 Å². The molecule has 0 radical (unpaired) electrons. The number of benzene rings is 3. The molecule has 1 aliphatic rings. The fourth-order valence-corrected chi connectivity index (χ4v) is 4.09. The monoisotopic (exact) mass is 440 g/mol. The smallest absolute Gasteiger partial charge is 0.407 e. The van der Waals surface area contributed by atoms with Crippen LogP contribution in [0.3, 0.4) is 0 Å². The third-order valence-electron chi connectivity index (χ3n) is 5.67. The van der Waals surface area contributed by atoms with E-state index in [2.05, 4.69) is 29.6 Å². The fraction of sp³-hybridized carbons (Fsp3) is 0.185. The maximum Gasteiger partial charge on any atom is 0.407 e. The normalized spacial score (nSPS) is 12.1. The molecule has 0 spiro atoms. The highest BCUT2D eigenvalue weighted by Gasteiger charge is 2.28. The van der Waals surface area contributed by atoms with Crippen LogP contribution in [0.25, 0.3) is 17.2 Å². The van der Waals surface area contributed by atoms with E-state index in [9.17, 15) is 9.90 Å². The van der Waals surface area contributed by atoms with Gasteiger partial charge in [0.2, 0.25) is 0 Å². The average molecular weight is 440 g/mol. The summed E-state index contributed by atoms with van der Waals surface area (Å²) in [6.07, 6.45) is 3.56. The van der Waals surface area contributed by atoms with Crippen LogP contribution in [0.1, 0.15) is 34.6 Å². The molecular formula is C27H24N2O4. The Bertz CT molecular complexity index is 1200. The molecule has 1 amide bonds. The lowest BCUT2D eigenvalue weighted by molar-refractivity contribution is 0.143. The zero-order chi connectivity index (χ0) is 23.2. The maximum absolute atomic E-state index is 12.2. The second-order valence-electron chi connectivity index (χ2n) is 7.67. The number of nitriles is 1. The van der Waals surface area contributed by atoms with Gasteiger partial charge in [-0.15, -0.1) is 0 Å². The van der Waals surface area contributed by atoms with Crippen molar-refractivity contribution in [2.24, 2.45) is 0 Å². The topological polar surface area (TPSA) is 91.6 Å². The summed E-state index contributed by atoms with van der Waals surface area (Å²) in [4.78, 5) is 12.2. The van der Waals surface area contributed by atoms with Gasteiger partial charge >= 0.3 is 6.09 Å². The highest BCUT2D eigenvalue weighted by Crippen LogP contribution is 2.44. The first-order chi connectivity index (χ1) is 16.1. The number of rotatable bonds is 7. The lowest BCUT2D eigenvalue weighted by Gasteiger charge is -2.14. The van der Waals surface area contributed by atoms with Gasteiger partial charge in [0, 0.05) is 24.1 Å². The standard InChI is InChI=1S/C27H24N2O4/c1-32-25-15-18(16-28)14-19(26(25)30)8-6-7-13-29-27(31)33-17-24-22-11-4-2-9-20(22)21-10-3-5-12-23(21)24/h2-6,8-12,14-15,24,30H,7,13,17H2,1H3,(H,29,31). The summed E-state index contributed by atoms with van der Waals surface area (Å²) < 4.78 is 10.6. The molecule has 0 fully saturated rings. The molecule has 0 aliphatic heterocycles. The van der Waals surface area contributed by atoms with Crippen molar-refractivity contribution in [2.45, 2.75) is 12.3 Å². The van der Waals surface area contributed by atoms with Gasteiger partial charge in [-0.1, -0.05) is 60.7 Å². The molecule has 6 heteroatoms. The largest absolute Gasteiger partial charge is 0.504 e. The van der Waals surface area contributed by atoms with E-state index in [-0.39, 0.29) is 24.0 Å². The molecule has 0 saturated heterocycles. The van der Waals surface area contributed by atoms with E-state index in [1.165, 1.54) is 35.4 Å². The lowest BCUT2D eigenvalue weighted by atomic mass is 9.98. The Morgan fingerprint density at radius 2 is 1.79 bits per heavy atom. The molecule has 166 valence electrons. The minimum Gasteiger partial charge on any atom is -0.504 e. The van der Waals surface area contributed by atoms with Crippen LogP contribution in [0.5, 0.6) is 11.5 Å². The third kappa shape index (κ3) is 4.68. The van der Waals surface area contributed by atoms with Crippen LogP contribution in [0.15, 0.2) is 66.7 Å². The Labute approximate surface area is 192 Å². The minimum atomic E-state index is -0.471. The zero-order valence-corrected chi connectivity index (χ0v) is 18.2. The maximum atomic E-state index is 12.2. The van der Waals surface area contributed by atoms with Crippen molar-refractivity contribution in [3.63, 3.8) is 0 Å². The second-order valence-corrected chi connectivity index (χ2v) is 7.67. The van der Waals surface area contributed by atoms with Crippen molar-refractivity contribution in [1.82, 2.24) is 5.32 Å². The summed E-state index contributed by atoms with van der Waals surface area (Å²) >= 11 is 0. The molecule has 33 heavy (non-hydrogen) atoms. The Hall–Kier alpha value is -4.24. The Kier molecular flexibility index (Phi) is 6.61. The van der Waals surface area contributed by atoms with E-state index in [0.29, 0.717) is 24.1 Å². The number of hydrogen-bond donors (Lipinski definition) is 2. The first-order valence-electron chi connectivity index (χ1n) is 10.7. The van der Waals surface area contributed by atoms with E-state index >= 15 is 0 Å². The number of phenols is 1. The summed E-state index contributed by atoms with van der Waals surface area (Å²) in [5, 5.41) is 22.0. The highest BCUT2D eigenvalue weighted by atomic mass is 16.5. The van der Waals surface area contributed by atoms with Gasteiger partial charge in [-0.2, -0.15) is 5.26 Å². The molecule has 0 bridgehead atoms. The van der Waals surface area contributed by atoms with Crippen molar-refractivity contribution in [2.75, 3.05) is 20.3 Å². The molecule has 1 aliphatic carbocycles. The minimum absolute atomic E-state index is 0.0217. The molecule has 4 rings (SSSR count). The Morgan fingerprint density at radius 1 is 1.12 bits per heavy atom. The van der Waals surface area contributed by atoms with Crippen LogP contribution in [-0.4, -0.2) is 31.5 Å². The predicted molar refractivity (Wildman–Crippen MR) is 126 cm³/mol. The number of alkyl carbamates (subject to hydrolysis) is 1. The van der Waals surface area contributed by atoms with Gasteiger partial charge < -0.3 is 19.9 Å². The SMILES string of the molecule is COc1cc(C#N)cc(C=CCCNC(=O)OCC2c3ccccc3-c3ccccc32)c1O. The molecular weight excluding hydrogens is 416 g/mol. The number of amides is 1. The first kappa shape index (κ1) is 22.0. The van der Waals surface area contributed by atoms with E-state index in [0.717, 1.165) is 0 Å². The van der Waals surface area contributed by atoms with E-state index in [4.69, 9.17) is 14.7 Å². The van der Waals surface area contributed by atoms with Crippen LogP contribution in [0, 0.1) is 11.3 Å². The first-order valence-corrected chi connectivity index (χ1v) is 10.7. The number of hydrogen-bond acceptors (Lipinski definition) is 5. The molecule has 0 saturated carbocycles. The Balaban J connectivity index is 1.30. The lowest BCUT2D eigenvalue weighted by Crippen LogP contribution is -2.26. The molecule has 0 unspecified atom stereocenters. The number of nitrogens with zero attached hydrogens (tertiary/aromatic N) is 1. The molecule has 3 aromatic carbocycles. The van der Waals surface area contributed by atoms with E-state index in [1.807, 2.05) is 30.3 Å².